The molecule has 0 fully saturated rings. The Morgan fingerprint density at radius 2 is 1.84 bits per heavy atom. The van der Waals surface area contributed by atoms with Gasteiger partial charge in [0.05, 0.1) is 16.5 Å². The van der Waals surface area contributed by atoms with Crippen LogP contribution >= 0.6 is 28.3 Å². The summed E-state index contributed by atoms with van der Waals surface area (Å²) in [5, 5.41) is 8.50. The number of rotatable bonds is 10. The first-order valence-corrected chi connectivity index (χ1v) is 11.9. The highest BCUT2D eigenvalue weighted by atomic mass is 79.9. The van der Waals surface area contributed by atoms with Crippen molar-refractivity contribution in [1.82, 2.24) is 10.3 Å². The van der Waals surface area contributed by atoms with Crippen LogP contribution in [0.3, 0.4) is 0 Å². The van der Waals surface area contributed by atoms with Crippen LogP contribution in [0.15, 0.2) is 70.3 Å². The molecule has 10 heteroatoms. The Morgan fingerprint density at radius 1 is 1.09 bits per heavy atom. The van der Waals surface area contributed by atoms with Crippen LogP contribution in [-0.2, 0) is 29.6 Å². The monoisotopic (exact) mass is 541 g/mol. The maximum Gasteiger partial charge on any atom is 0.238 e. The first kappa shape index (κ1) is 26.1. The van der Waals surface area contributed by atoms with E-state index in [1.807, 2.05) is 24.3 Å². The number of nitrogens with zero attached hydrogens (tertiary/aromatic N) is 1. The van der Waals surface area contributed by atoms with Crippen molar-refractivity contribution in [3.8, 4) is 11.5 Å². The number of sulfonamides is 1. The summed E-state index contributed by atoms with van der Waals surface area (Å²) in [5.74, 6) is 1.29. The highest BCUT2D eigenvalue weighted by Gasteiger charge is 2.12. The Morgan fingerprint density at radius 3 is 2.47 bits per heavy atom. The molecule has 7 nitrogen and oxygen atoms in total. The average molecular weight is 543 g/mol. The van der Waals surface area contributed by atoms with Gasteiger partial charge in [0.1, 0.15) is 6.61 Å². The van der Waals surface area contributed by atoms with Gasteiger partial charge in [-0.2, -0.15) is 0 Å². The highest BCUT2D eigenvalue weighted by Crippen LogP contribution is 2.37. The fourth-order valence-corrected chi connectivity index (χ4v) is 4.08. The zero-order valence-corrected chi connectivity index (χ0v) is 20.7. The van der Waals surface area contributed by atoms with E-state index >= 15 is 0 Å². The lowest BCUT2D eigenvalue weighted by atomic mass is 10.1. The Balaban J connectivity index is 0.00000363. The maximum absolute atomic E-state index is 11.3. The number of ether oxygens (including phenoxy) is 2. The largest absolute Gasteiger partial charge is 0.493 e. The minimum Gasteiger partial charge on any atom is -0.493 e. The van der Waals surface area contributed by atoms with Crippen LogP contribution in [0, 0.1) is 0 Å². The second-order valence-corrected chi connectivity index (χ2v) is 9.29. The van der Waals surface area contributed by atoms with Gasteiger partial charge in [0, 0.05) is 24.5 Å². The zero-order chi connectivity index (χ0) is 22.3. The number of nitrogens with one attached hydrogen (secondary N) is 1. The SMILES string of the molecule is COc1cc(CNCCc2ccc(S(N)(=O)=O)cc2)cc(Br)c1OCc1cccnc1.Cl. The van der Waals surface area contributed by atoms with Gasteiger partial charge >= 0.3 is 0 Å². The van der Waals surface area contributed by atoms with Crippen LogP contribution in [-0.4, -0.2) is 27.1 Å². The Kier molecular flexibility index (Phi) is 9.92. The quantitative estimate of drug-likeness (QED) is 0.377. The summed E-state index contributed by atoms with van der Waals surface area (Å²) in [6.07, 6.45) is 4.25. The number of methoxy groups -OCH3 is 1. The van der Waals surface area contributed by atoms with Crippen molar-refractivity contribution in [1.29, 1.82) is 0 Å². The standard InChI is InChI=1S/C22H24BrN3O4S.ClH/c1-29-21-12-18(11-20(23)22(21)30-15-17-3-2-9-25-13-17)14-26-10-8-16-4-6-19(7-5-16)31(24,27)28;/h2-7,9,11-13,26H,8,10,14-15H2,1H3,(H2,24,27,28);1H. The molecule has 0 bridgehead atoms. The van der Waals surface area contributed by atoms with E-state index < -0.39 is 10.0 Å². The third-order valence-electron chi connectivity index (χ3n) is 4.57. The van der Waals surface area contributed by atoms with E-state index in [2.05, 4.69) is 26.2 Å². The Hall–Kier alpha value is -2.17. The van der Waals surface area contributed by atoms with Crippen LogP contribution in [0.2, 0.25) is 0 Å². The molecule has 0 amide bonds. The molecule has 3 rings (SSSR count). The lowest BCUT2D eigenvalue weighted by Gasteiger charge is -2.15. The summed E-state index contributed by atoms with van der Waals surface area (Å²) in [7, 11) is -2.05. The van der Waals surface area contributed by atoms with Crippen molar-refractivity contribution < 1.29 is 17.9 Å². The van der Waals surface area contributed by atoms with Crippen molar-refractivity contribution >= 4 is 38.4 Å². The van der Waals surface area contributed by atoms with Gasteiger partial charge in [0.25, 0.3) is 0 Å². The number of pyridine rings is 1. The summed E-state index contributed by atoms with van der Waals surface area (Å²) in [4.78, 5) is 4.21. The van der Waals surface area contributed by atoms with Crippen molar-refractivity contribution in [2.75, 3.05) is 13.7 Å². The lowest BCUT2D eigenvalue weighted by molar-refractivity contribution is 0.282. The van der Waals surface area contributed by atoms with Crippen LogP contribution in [0.25, 0.3) is 0 Å². The molecule has 0 aliphatic rings. The number of hydrogen-bond acceptors (Lipinski definition) is 6. The number of halogens is 2. The number of nitrogens with two attached hydrogens (primary N) is 1. The molecular formula is C22H25BrClN3O4S. The van der Waals surface area contributed by atoms with E-state index in [-0.39, 0.29) is 17.3 Å². The smallest absolute Gasteiger partial charge is 0.238 e. The van der Waals surface area contributed by atoms with Gasteiger partial charge in [-0.05, 0) is 70.4 Å². The molecule has 0 saturated carbocycles. The molecule has 0 atom stereocenters. The van der Waals surface area contributed by atoms with Gasteiger partial charge in [-0.25, -0.2) is 13.6 Å². The summed E-state index contributed by atoms with van der Waals surface area (Å²) in [6, 6.07) is 14.4. The minimum atomic E-state index is -3.66. The third kappa shape index (κ3) is 7.46. The van der Waals surface area contributed by atoms with Gasteiger partial charge in [-0.1, -0.05) is 18.2 Å². The fourth-order valence-electron chi connectivity index (χ4n) is 2.97. The highest BCUT2D eigenvalue weighted by molar-refractivity contribution is 9.10. The van der Waals surface area contributed by atoms with Gasteiger partial charge in [-0.3, -0.25) is 4.98 Å². The maximum atomic E-state index is 11.3. The molecule has 2 aromatic carbocycles. The van der Waals surface area contributed by atoms with Crippen molar-refractivity contribution in [3.63, 3.8) is 0 Å². The van der Waals surface area contributed by atoms with Crippen molar-refractivity contribution in [3.05, 3.63) is 82.1 Å². The van der Waals surface area contributed by atoms with Gasteiger partial charge in [0.2, 0.25) is 10.0 Å². The van der Waals surface area contributed by atoms with Gasteiger partial charge in [0.15, 0.2) is 11.5 Å². The molecule has 1 aromatic heterocycles. The fraction of sp³-hybridized carbons (Fsp3) is 0.227. The van der Waals surface area contributed by atoms with Crippen LogP contribution in [0.5, 0.6) is 11.5 Å². The molecule has 1 heterocycles. The average Bonchev–Trinajstić information content (AvgIpc) is 2.76. The second-order valence-electron chi connectivity index (χ2n) is 6.87. The summed E-state index contributed by atoms with van der Waals surface area (Å²) >= 11 is 3.57. The number of primary sulfonamides is 1. The number of aromatic nitrogens is 1. The predicted octanol–water partition coefficient (Wildman–Crippen LogP) is 3.83. The lowest BCUT2D eigenvalue weighted by Crippen LogP contribution is -2.17. The van der Waals surface area contributed by atoms with Crippen LogP contribution < -0.4 is 19.9 Å². The molecule has 172 valence electrons. The summed E-state index contributed by atoms with van der Waals surface area (Å²) < 4.78 is 34.9. The minimum absolute atomic E-state index is 0. The third-order valence-corrected chi connectivity index (χ3v) is 6.08. The first-order valence-electron chi connectivity index (χ1n) is 9.57. The molecular weight excluding hydrogens is 518 g/mol. The normalized spacial score (nSPS) is 11.0. The van der Waals surface area contributed by atoms with E-state index in [9.17, 15) is 8.42 Å². The molecule has 3 aromatic rings. The molecule has 0 spiro atoms. The van der Waals surface area contributed by atoms with Gasteiger partial charge in [-0.15, -0.1) is 12.4 Å². The molecule has 3 N–H and O–H groups in total. The van der Waals surface area contributed by atoms with E-state index in [0.717, 1.165) is 34.1 Å². The summed E-state index contributed by atoms with van der Waals surface area (Å²) in [6.45, 7) is 1.77. The van der Waals surface area contributed by atoms with Gasteiger partial charge < -0.3 is 14.8 Å². The number of hydrogen-bond donors (Lipinski definition) is 2. The van der Waals surface area contributed by atoms with Crippen molar-refractivity contribution in [2.24, 2.45) is 5.14 Å². The molecule has 0 saturated heterocycles. The van der Waals surface area contributed by atoms with Crippen LogP contribution in [0.1, 0.15) is 16.7 Å². The van der Waals surface area contributed by atoms with Crippen LogP contribution in [0.4, 0.5) is 0 Å². The Bertz CT molecular complexity index is 1110. The second kappa shape index (κ2) is 12.2. The summed E-state index contributed by atoms with van der Waals surface area (Å²) in [5.41, 5.74) is 3.04. The zero-order valence-electron chi connectivity index (χ0n) is 17.5. The molecule has 0 radical (unpaired) electrons. The Labute approximate surface area is 202 Å². The first-order chi connectivity index (χ1) is 14.9. The van der Waals surface area contributed by atoms with E-state index in [1.54, 1.807) is 31.6 Å². The predicted molar refractivity (Wildman–Crippen MR) is 130 cm³/mol. The van der Waals surface area contributed by atoms with E-state index in [4.69, 9.17) is 14.6 Å². The van der Waals surface area contributed by atoms with Crippen molar-refractivity contribution in [2.45, 2.75) is 24.5 Å². The topological polar surface area (TPSA) is 104 Å². The van der Waals surface area contributed by atoms with E-state index in [1.165, 1.54) is 12.1 Å². The molecule has 32 heavy (non-hydrogen) atoms. The molecule has 0 unspecified atom stereocenters. The van der Waals surface area contributed by atoms with E-state index in [0.29, 0.717) is 24.7 Å². The number of benzene rings is 2. The molecule has 0 aliphatic heterocycles. The molecule has 0 aliphatic carbocycles.